The Balaban J connectivity index is 2.26. The van der Waals surface area contributed by atoms with Crippen LogP contribution >= 0.6 is 11.6 Å². The molecule has 0 aliphatic carbocycles. The van der Waals surface area contributed by atoms with Crippen LogP contribution in [-0.2, 0) is 6.42 Å². The van der Waals surface area contributed by atoms with Gasteiger partial charge in [0.25, 0.3) is 0 Å². The van der Waals surface area contributed by atoms with E-state index in [1.165, 1.54) is 18.2 Å². The number of halogens is 3. The third kappa shape index (κ3) is 2.88. The predicted molar refractivity (Wildman–Crippen MR) is 70.0 cm³/mol. The van der Waals surface area contributed by atoms with Gasteiger partial charge in [-0.05, 0) is 24.1 Å². The second-order valence-corrected chi connectivity index (χ2v) is 4.47. The molecule has 0 nitrogen and oxygen atoms in total. The largest absolute Gasteiger partial charge is 0.207 e. The first-order chi connectivity index (χ1) is 8.72. The van der Waals surface area contributed by atoms with Crippen LogP contribution in [-0.4, -0.2) is 5.88 Å². The molecule has 1 atom stereocenters. The molecule has 0 amide bonds. The van der Waals surface area contributed by atoms with E-state index in [0.717, 1.165) is 5.56 Å². The third-order valence-electron chi connectivity index (χ3n) is 2.97. The van der Waals surface area contributed by atoms with Crippen molar-refractivity contribution in [3.63, 3.8) is 0 Å². The van der Waals surface area contributed by atoms with Crippen LogP contribution in [0, 0.1) is 11.6 Å². The summed E-state index contributed by atoms with van der Waals surface area (Å²) in [5, 5.41) is 0. The Morgan fingerprint density at radius 1 is 0.889 bits per heavy atom. The molecule has 2 rings (SSSR count). The van der Waals surface area contributed by atoms with Crippen molar-refractivity contribution < 1.29 is 8.78 Å². The van der Waals surface area contributed by atoms with E-state index in [-0.39, 0.29) is 17.9 Å². The summed E-state index contributed by atoms with van der Waals surface area (Å²) in [4.78, 5) is 0. The van der Waals surface area contributed by atoms with Gasteiger partial charge in [0.15, 0.2) is 0 Å². The van der Waals surface area contributed by atoms with Gasteiger partial charge in [-0.25, -0.2) is 8.78 Å². The Hall–Kier alpha value is -1.41. The summed E-state index contributed by atoms with van der Waals surface area (Å²) >= 11 is 5.91. The molecule has 0 radical (unpaired) electrons. The minimum atomic E-state index is -0.513. The summed E-state index contributed by atoms with van der Waals surface area (Å²) in [6.07, 6.45) is 0.270. The first-order valence-corrected chi connectivity index (χ1v) is 6.29. The van der Waals surface area contributed by atoms with Crippen molar-refractivity contribution in [1.29, 1.82) is 0 Å². The van der Waals surface area contributed by atoms with Crippen molar-refractivity contribution in [3.8, 4) is 0 Å². The van der Waals surface area contributed by atoms with Gasteiger partial charge in [0.1, 0.15) is 11.6 Å². The van der Waals surface area contributed by atoms with E-state index in [2.05, 4.69) is 0 Å². The van der Waals surface area contributed by atoms with Crippen LogP contribution < -0.4 is 0 Å². The maximum absolute atomic E-state index is 13.6. The molecule has 2 aromatic rings. The maximum atomic E-state index is 13.6. The van der Waals surface area contributed by atoms with Crippen LogP contribution in [0.3, 0.4) is 0 Å². The van der Waals surface area contributed by atoms with E-state index < -0.39 is 11.6 Å². The molecule has 0 heterocycles. The minimum Gasteiger partial charge on any atom is -0.207 e. The second-order valence-electron chi connectivity index (χ2n) is 4.17. The summed E-state index contributed by atoms with van der Waals surface area (Å²) in [7, 11) is 0. The lowest BCUT2D eigenvalue weighted by molar-refractivity contribution is 0.544. The number of alkyl halides is 1. The van der Waals surface area contributed by atoms with E-state index >= 15 is 0 Å². The van der Waals surface area contributed by atoms with Gasteiger partial charge in [-0.3, -0.25) is 0 Å². The van der Waals surface area contributed by atoms with Gasteiger partial charge in [0.05, 0.1) is 0 Å². The fraction of sp³-hybridized carbons (Fsp3) is 0.200. The van der Waals surface area contributed by atoms with Gasteiger partial charge in [-0.15, -0.1) is 11.6 Å². The summed E-state index contributed by atoms with van der Waals surface area (Å²) in [6, 6.07) is 13.4. The fourth-order valence-corrected chi connectivity index (χ4v) is 2.25. The number of hydrogen-bond acceptors (Lipinski definition) is 0. The van der Waals surface area contributed by atoms with Crippen molar-refractivity contribution in [2.45, 2.75) is 12.3 Å². The Labute approximate surface area is 110 Å². The fourth-order valence-electron chi connectivity index (χ4n) is 1.96. The second kappa shape index (κ2) is 5.96. The highest BCUT2D eigenvalue weighted by atomic mass is 35.5. The molecule has 94 valence electrons. The molecule has 0 aromatic heterocycles. The van der Waals surface area contributed by atoms with E-state index in [9.17, 15) is 8.78 Å². The van der Waals surface area contributed by atoms with Crippen LogP contribution in [0.1, 0.15) is 17.0 Å². The predicted octanol–water partition coefficient (Wildman–Crippen LogP) is 4.53. The van der Waals surface area contributed by atoms with E-state index in [1.54, 1.807) is 0 Å². The van der Waals surface area contributed by atoms with Gasteiger partial charge >= 0.3 is 0 Å². The molecule has 3 heteroatoms. The van der Waals surface area contributed by atoms with Crippen molar-refractivity contribution >= 4 is 11.6 Å². The zero-order chi connectivity index (χ0) is 13.0. The molecule has 0 bridgehead atoms. The van der Waals surface area contributed by atoms with Crippen LogP contribution in [0.4, 0.5) is 8.78 Å². The van der Waals surface area contributed by atoms with Gasteiger partial charge in [0, 0.05) is 17.4 Å². The number of benzene rings is 2. The summed E-state index contributed by atoms with van der Waals surface area (Å²) in [5.74, 6) is -0.779. The lowest BCUT2D eigenvalue weighted by Crippen LogP contribution is -2.08. The summed E-state index contributed by atoms with van der Waals surface area (Å²) in [5.41, 5.74) is 1.10. The Kier molecular flexibility index (Phi) is 4.32. The molecule has 0 N–H and O–H groups in total. The minimum absolute atomic E-state index is 0.0840. The normalized spacial score (nSPS) is 12.4. The molecule has 0 saturated heterocycles. The van der Waals surface area contributed by atoms with E-state index in [0.29, 0.717) is 5.88 Å². The Morgan fingerprint density at radius 3 is 2.06 bits per heavy atom. The molecule has 0 fully saturated rings. The van der Waals surface area contributed by atoms with Crippen LogP contribution in [0.2, 0.25) is 0 Å². The molecule has 2 aromatic carbocycles. The lowest BCUT2D eigenvalue weighted by Gasteiger charge is -2.15. The SMILES string of the molecule is Fc1cccc(F)c1CC(CCl)c1ccccc1. The molecule has 0 aliphatic heterocycles. The first-order valence-electron chi connectivity index (χ1n) is 5.76. The molecule has 0 spiro atoms. The highest BCUT2D eigenvalue weighted by molar-refractivity contribution is 6.18. The summed E-state index contributed by atoms with van der Waals surface area (Å²) < 4.78 is 27.2. The standard InChI is InChI=1S/C15H13ClF2/c16-10-12(11-5-2-1-3-6-11)9-13-14(17)7-4-8-15(13)18/h1-8,12H,9-10H2. The van der Waals surface area contributed by atoms with E-state index in [4.69, 9.17) is 11.6 Å². The Morgan fingerprint density at radius 2 is 1.50 bits per heavy atom. The average molecular weight is 267 g/mol. The monoisotopic (exact) mass is 266 g/mol. The molecule has 1 unspecified atom stereocenters. The average Bonchev–Trinajstić information content (AvgIpc) is 2.40. The number of rotatable bonds is 4. The van der Waals surface area contributed by atoms with Gasteiger partial charge in [0.2, 0.25) is 0 Å². The first kappa shape index (κ1) is 13.0. The van der Waals surface area contributed by atoms with Crippen molar-refractivity contribution in [2.24, 2.45) is 0 Å². The van der Waals surface area contributed by atoms with Gasteiger partial charge < -0.3 is 0 Å². The van der Waals surface area contributed by atoms with Gasteiger partial charge in [-0.2, -0.15) is 0 Å². The Bertz CT molecular complexity index is 491. The summed E-state index contributed by atoms with van der Waals surface area (Å²) in [6.45, 7) is 0. The van der Waals surface area contributed by atoms with Gasteiger partial charge in [-0.1, -0.05) is 36.4 Å². The van der Waals surface area contributed by atoms with Crippen molar-refractivity contribution in [3.05, 3.63) is 71.3 Å². The zero-order valence-electron chi connectivity index (χ0n) is 9.74. The molecular weight excluding hydrogens is 254 g/mol. The van der Waals surface area contributed by atoms with Crippen molar-refractivity contribution in [1.82, 2.24) is 0 Å². The molecule has 18 heavy (non-hydrogen) atoms. The van der Waals surface area contributed by atoms with E-state index in [1.807, 2.05) is 30.3 Å². The maximum Gasteiger partial charge on any atom is 0.129 e. The van der Waals surface area contributed by atoms with Crippen LogP contribution in [0.15, 0.2) is 48.5 Å². The smallest absolute Gasteiger partial charge is 0.129 e. The zero-order valence-corrected chi connectivity index (χ0v) is 10.5. The number of hydrogen-bond donors (Lipinski definition) is 0. The molecule has 0 saturated carbocycles. The molecular formula is C15H13ClF2. The molecule has 0 aliphatic rings. The quantitative estimate of drug-likeness (QED) is 0.713. The third-order valence-corrected chi connectivity index (χ3v) is 3.34. The topological polar surface area (TPSA) is 0 Å². The van der Waals surface area contributed by atoms with Crippen LogP contribution in [0.25, 0.3) is 0 Å². The highest BCUT2D eigenvalue weighted by Gasteiger charge is 2.16. The lowest BCUT2D eigenvalue weighted by atomic mass is 9.93. The highest BCUT2D eigenvalue weighted by Crippen LogP contribution is 2.25. The van der Waals surface area contributed by atoms with Crippen molar-refractivity contribution in [2.75, 3.05) is 5.88 Å². The van der Waals surface area contributed by atoms with Crippen LogP contribution in [0.5, 0.6) is 0 Å².